The second-order valence-electron chi connectivity index (χ2n) is 8.67. The third-order valence-electron chi connectivity index (χ3n) is 6.62. The van der Waals surface area contributed by atoms with Gasteiger partial charge in [-0.05, 0) is 42.5 Å². The largest absolute Gasteiger partial charge is 0.297 e. The molecule has 5 rings (SSSR count). The van der Waals surface area contributed by atoms with E-state index in [1.807, 2.05) is 12.3 Å². The number of fused-ring (bicyclic) bond motifs is 1. The summed E-state index contributed by atoms with van der Waals surface area (Å²) >= 11 is 7.88. The molecule has 2 fully saturated rings. The van der Waals surface area contributed by atoms with Gasteiger partial charge in [-0.15, -0.1) is 11.3 Å². The van der Waals surface area contributed by atoms with Crippen LogP contribution in [0.3, 0.4) is 0 Å². The van der Waals surface area contributed by atoms with Crippen molar-refractivity contribution in [3.8, 4) is 0 Å². The number of benzene rings is 1. The first-order valence-corrected chi connectivity index (χ1v) is 11.6. The zero-order chi connectivity index (χ0) is 19.7. The zero-order valence-corrected chi connectivity index (χ0v) is 18.1. The fourth-order valence-corrected chi connectivity index (χ4v) is 6.44. The maximum atomic E-state index is 6.16. The Morgan fingerprint density at radius 2 is 1.83 bits per heavy atom. The van der Waals surface area contributed by atoms with Crippen molar-refractivity contribution in [1.82, 2.24) is 20.0 Å². The molecule has 2 unspecified atom stereocenters. The number of aryl methyl sites for hydroxylation is 1. The normalized spacial score (nSPS) is 24.9. The molecule has 0 aliphatic carbocycles. The average Bonchev–Trinajstić information content (AvgIpc) is 3.47. The molecule has 0 amide bonds. The predicted molar refractivity (Wildman–Crippen MR) is 119 cm³/mol. The molecule has 4 nitrogen and oxygen atoms in total. The predicted octanol–water partition coefficient (Wildman–Crippen LogP) is 4.69. The van der Waals surface area contributed by atoms with Gasteiger partial charge in [0.25, 0.3) is 0 Å². The van der Waals surface area contributed by atoms with Gasteiger partial charge in [-0.25, -0.2) is 0 Å². The van der Waals surface area contributed by atoms with E-state index in [0.29, 0.717) is 5.41 Å². The Morgan fingerprint density at radius 3 is 2.52 bits per heavy atom. The lowest BCUT2D eigenvalue weighted by molar-refractivity contribution is 0.195. The smallest absolute Gasteiger partial charge is 0.0931 e. The lowest BCUT2D eigenvalue weighted by atomic mass is 9.76. The number of nitrogens with one attached hydrogen (secondary N) is 1. The van der Waals surface area contributed by atoms with E-state index in [-0.39, 0.29) is 0 Å². The second kappa shape index (κ2) is 8.23. The Kier molecular flexibility index (Phi) is 5.48. The van der Waals surface area contributed by atoms with Gasteiger partial charge in [-0.2, -0.15) is 5.10 Å². The van der Waals surface area contributed by atoms with E-state index in [2.05, 4.69) is 62.5 Å². The summed E-state index contributed by atoms with van der Waals surface area (Å²) in [6.45, 7) is 6.72. The van der Waals surface area contributed by atoms with Gasteiger partial charge in [-0.3, -0.25) is 14.9 Å². The van der Waals surface area contributed by atoms with Gasteiger partial charge in [0.1, 0.15) is 0 Å². The van der Waals surface area contributed by atoms with E-state index in [0.717, 1.165) is 29.8 Å². The van der Waals surface area contributed by atoms with Gasteiger partial charge in [0.15, 0.2) is 0 Å². The maximum absolute atomic E-state index is 6.16. The summed E-state index contributed by atoms with van der Waals surface area (Å²) in [5.41, 5.74) is 3.04. The summed E-state index contributed by atoms with van der Waals surface area (Å²) in [6, 6.07) is 17.3. The number of likely N-dealkylation sites (tertiary alicyclic amines) is 2. The van der Waals surface area contributed by atoms with Crippen LogP contribution in [0.25, 0.3) is 0 Å². The molecule has 1 N–H and O–H groups in total. The highest BCUT2D eigenvalue weighted by atomic mass is 35.5. The van der Waals surface area contributed by atoms with Crippen LogP contribution >= 0.6 is 22.9 Å². The monoisotopic (exact) mass is 426 g/mol. The van der Waals surface area contributed by atoms with Crippen molar-refractivity contribution in [3.63, 3.8) is 0 Å². The summed E-state index contributed by atoms with van der Waals surface area (Å²) in [7, 11) is 0. The molecule has 0 spiro atoms. The summed E-state index contributed by atoms with van der Waals surface area (Å²) in [6.07, 6.45) is 4.27. The molecule has 2 atom stereocenters. The number of halogens is 1. The van der Waals surface area contributed by atoms with Gasteiger partial charge in [0.05, 0.1) is 4.34 Å². The number of thiophene rings is 1. The van der Waals surface area contributed by atoms with Crippen LogP contribution in [0.2, 0.25) is 4.34 Å². The quantitative estimate of drug-likeness (QED) is 0.595. The summed E-state index contributed by atoms with van der Waals surface area (Å²) in [5, 5.41) is 7.25. The molecule has 1 aromatic carbocycles. The van der Waals surface area contributed by atoms with E-state index in [1.54, 1.807) is 11.3 Å². The fourth-order valence-electron chi connectivity index (χ4n) is 5.31. The lowest BCUT2D eigenvalue weighted by Crippen LogP contribution is -2.34. The highest BCUT2D eigenvalue weighted by Crippen LogP contribution is 2.46. The third kappa shape index (κ3) is 4.29. The standard InChI is InChI=1S/C23H27ClN4S/c24-22-7-6-21(29-22)15-28-13-19-12-27(14-20-9-11-25-26-20)16-23(19,17-28)10-8-18-4-2-1-3-5-18/h1-7,9,11,19H,8,10,12-17H2,(H,25,26). The molecule has 2 aliphatic rings. The minimum atomic E-state index is 0.372. The van der Waals surface area contributed by atoms with Crippen molar-refractivity contribution in [3.05, 3.63) is 75.2 Å². The van der Waals surface area contributed by atoms with Crippen molar-refractivity contribution in [2.75, 3.05) is 26.2 Å². The van der Waals surface area contributed by atoms with E-state index >= 15 is 0 Å². The molecule has 6 heteroatoms. The Hall–Kier alpha value is -1.66. The van der Waals surface area contributed by atoms with Crippen LogP contribution in [0.15, 0.2) is 54.7 Å². The Balaban J connectivity index is 1.30. The molecule has 29 heavy (non-hydrogen) atoms. The number of hydrogen-bond donors (Lipinski definition) is 1. The minimum absolute atomic E-state index is 0.372. The average molecular weight is 427 g/mol. The molecule has 4 heterocycles. The minimum Gasteiger partial charge on any atom is -0.297 e. The Labute approximate surface area is 181 Å². The van der Waals surface area contributed by atoms with Gasteiger partial charge >= 0.3 is 0 Å². The molecule has 2 aliphatic heterocycles. The summed E-state index contributed by atoms with van der Waals surface area (Å²) < 4.78 is 0.893. The highest BCUT2D eigenvalue weighted by molar-refractivity contribution is 7.16. The van der Waals surface area contributed by atoms with Gasteiger partial charge in [0.2, 0.25) is 0 Å². The molecule has 2 aromatic heterocycles. The number of nitrogens with zero attached hydrogens (tertiary/aromatic N) is 3. The molecule has 0 radical (unpaired) electrons. The van der Waals surface area contributed by atoms with Crippen LogP contribution in [-0.2, 0) is 19.5 Å². The number of aromatic nitrogens is 2. The van der Waals surface area contributed by atoms with Crippen molar-refractivity contribution < 1.29 is 0 Å². The van der Waals surface area contributed by atoms with E-state index in [4.69, 9.17) is 11.6 Å². The Morgan fingerprint density at radius 1 is 1.03 bits per heavy atom. The van der Waals surface area contributed by atoms with Crippen LogP contribution in [0, 0.1) is 11.3 Å². The highest BCUT2D eigenvalue weighted by Gasteiger charge is 2.51. The molecule has 0 saturated carbocycles. The fraction of sp³-hybridized carbons (Fsp3) is 0.435. The molecular formula is C23H27ClN4S. The van der Waals surface area contributed by atoms with Crippen LogP contribution < -0.4 is 0 Å². The maximum Gasteiger partial charge on any atom is 0.0931 e. The summed E-state index contributed by atoms with van der Waals surface area (Å²) in [4.78, 5) is 6.66. The van der Waals surface area contributed by atoms with Crippen LogP contribution in [0.5, 0.6) is 0 Å². The molecule has 152 valence electrons. The first-order chi connectivity index (χ1) is 14.2. The topological polar surface area (TPSA) is 35.2 Å². The van der Waals surface area contributed by atoms with Crippen molar-refractivity contribution in [1.29, 1.82) is 0 Å². The first kappa shape index (κ1) is 19.3. The van der Waals surface area contributed by atoms with Gasteiger partial charge in [-0.1, -0.05) is 41.9 Å². The Bertz CT molecular complexity index is 926. The second-order valence-corrected chi connectivity index (χ2v) is 10.5. The lowest BCUT2D eigenvalue weighted by Gasteiger charge is -2.30. The number of hydrogen-bond acceptors (Lipinski definition) is 4. The zero-order valence-electron chi connectivity index (χ0n) is 16.6. The summed E-state index contributed by atoms with van der Waals surface area (Å²) in [5.74, 6) is 0.726. The number of rotatable bonds is 7. The van der Waals surface area contributed by atoms with Gasteiger partial charge < -0.3 is 0 Å². The number of H-pyrrole nitrogens is 1. The molecular weight excluding hydrogens is 400 g/mol. The molecule has 2 saturated heterocycles. The van der Waals surface area contributed by atoms with Crippen molar-refractivity contribution in [2.24, 2.45) is 11.3 Å². The molecule has 3 aromatic rings. The van der Waals surface area contributed by atoms with E-state index in [9.17, 15) is 0 Å². The van der Waals surface area contributed by atoms with Crippen LogP contribution in [0.1, 0.15) is 22.6 Å². The first-order valence-electron chi connectivity index (χ1n) is 10.4. The number of aromatic amines is 1. The van der Waals surface area contributed by atoms with E-state index in [1.165, 1.54) is 48.7 Å². The van der Waals surface area contributed by atoms with Crippen molar-refractivity contribution >= 4 is 22.9 Å². The molecule has 0 bridgehead atoms. The third-order valence-corrected chi connectivity index (χ3v) is 7.83. The van der Waals surface area contributed by atoms with Crippen LogP contribution in [-0.4, -0.2) is 46.2 Å². The SMILES string of the molecule is Clc1ccc(CN2CC3CN(Cc4ccn[nH]4)CC3(CCc3ccccc3)C2)s1. The van der Waals surface area contributed by atoms with E-state index < -0.39 is 0 Å². The van der Waals surface area contributed by atoms with Gasteiger partial charge in [0, 0.05) is 61.5 Å². The van der Waals surface area contributed by atoms with Crippen LogP contribution in [0.4, 0.5) is 0 Å². The van der Waals surface area contributed by atoms with Crippen molar-refractivity contribution in [2.45, 2.75) is 25.9 Å².